The molecule has 0 aromatic carbocycles. The number of likely N-dealkylation sites (tertiary alicyclic amines) is 1. The monoisotopic (exact) mass is 184 g/mol. The first-order chi connectivity index (χ1) is 6.24. The summed E-state index contributed by atoms with van der Waals surface area (Å²) >= 11 is 0. The molecule has 0 aliphatic carbocycles. The number of nitrogens with zero attached hydrogens (tertiary/aromatic N) is 2. The van der Waals surface area contributed by atoms with Crippen LogP contribution >= 0.6 is 0 Å². The van der Waals surface area contributed by atoms with Crippen LogP contribution in [0, 0.1) is 10.1 Å². The van der Waals surface area contributed by atoms with Gasteiger partial charge >= 0.3 is 0 Å². The Morgan fingerprint density at radius 3 is 3.08 bits per heavy atom. The average molecular weight is 184 g/mol. The van der Waals surface area contributed by atoms with E-state index in [9.17, 15) is 10.1 Å². The van der Waals surface area contributed by atoms with Gasteiger partial charge in [-0.1, -0.05) is 13.3 Å². The lowest BCUT2D eigenvalue weighted by molar-refractivity contribution is -0.404. The molecule has 4 nitrogen and oxygen atoms in total. The highest BCUT2D eigenvalue weighted by molar-refractivity contribution is 5.01. The van der Waals surface area contributed by atoms with Gasteiger partial charge in [0, 0.05) is 13.1 Å². The predicted molar refractivity (Wildman–Crippen MR) is 50.8 cm³/mol. The zero-order valence-corrected chi connectivity index (χ0v) is 8.03. The third kappa shape index (κ3) is 3.05. The first kappa shape index (κ1) is 10.0. The lowest BCUT2D eigenvalue weighted by Gasteiger charge is -2.17. The first-order valence-corrected chi connectivity index (χ1v) is 4.83. The summed E-state index contributed by atoms with van der Waals surface area (Å²) in [6.45, 7) is 4.09. The fourth-order valence-corrected chi connectivity index (χ4v) is 1.63. The molecule has 0 radical (unpaired) electrons. The molecule has 1 rings (SSSR count). The van der Waals surface area contributed by atoms with Crippen LogP contribution in [-0.2, 0) is 0 Å². The summed E-state index contributed by atoms with van der Waals surface area (Å²) in [6.07, 6.45) is 5.34. The van der Waals surface area contributed by atoms with E-state index in [1.807, 2.05) is 0 Å². The van der Waals surface area contributed by atoms with Gasteiger partial charge in [-0.05, 0) is 19.3 Å². The maximum Gasteiger partial charge on any atom is 0.253 e. The highest BCUT2D eigenvalue weighted by atomic mass is 16.6. The molecule has 13 heavy (non-hydrogen) atoms. The zero-order valence-electron chi connectivity index (χ0n) is 8.03. The van der Waals surface area contributed by atoms with Crippen molar-refractivity contribution in [2.45, 2.75) is 32.6 Å². The van der Waals surface area contributed by atoms with Crippen LogP contribution < -0.4 is 0 Å². The van der Waals surface area contributed by atoms with Crippen LogP contribution in [0.25, 0.3) is 0 Å². The quantitative estimate of drug-likeness (QED) is 0.496. The molecule has 0 atom stereocenters. The molecule has 0 amide bonds. The molecular weight excluding hydrogens is 168 g/mol. The van der Waals surface area contributed by atoms with Gasteiger partial charge < -0.3 is 4.90 Å². The van der Waals surface area contributed by atoms with Gasteiger partial charge in [-0.3, -0.25) is 10.1 Å². The summed E-state index contributed by atoms with van der Waals surface area (Å²) in [5, 5.41) is 10.3. The fourth-order valence-electron chi connectivity index (χ4n) is 1.63. The normalized spacial score (nSPS) is 19.8. The van der Waals surface area contributed by atoms with Gasteiger partial charge in [0.05, 0.1) is 10.6 Å². The summed E-state index contributed by atoms with van der Waals surface area (Å²) < 4.78 is 0. The maximum absolute atomic E-state index is 10.3. The molecule has 1 heterocycles. The van der Waals surface area contributed by atoms with Crippen molar-refractivity contribution in [2.24, 2.45) is 0 Å². The molecule has 1 fully saturated rings. The standard InChI is InChI=1S/C9H16N2O2/c1-2-3-6-10-7-4-5-9(10)8-11(12)13/h8H,2-7H2,1H3. The number of hydrogen-bond acceptors (Lipinski definition) is 3. The predicted octanol–water partition coefficient (Wildman–Crippen LogP) is 2.00. The molecule has 1 aliphatic heterocycles. The molecule has 4 heteroatoms. The van der Waals surface area contributed by atoms with Crippen LogP contribution in [-0.4, -0.2) is 22.9 Å². The third-order valence-corrected chi connectivity index (χ3v) is 2.30. The van der Waals surface area contributed by atoms with Gasteiger partial charge in [0.1, 0.15) is 0 Å². The molecule has 1 saturated heterocycles. The van der Waals surface area contributed by atoms with Crippen LogP contribution in [0.4, 0.5) is 0 Å². The van der Waals surface area contributed by atoms with Crippen LogP contribution in [0.15, 0.2) is 11.9 Å². The SMILES string of the molecule is CCCCN1CCCC1=C[N+](=O)[O-]. The van der Waals surface area contributed by atoms with Crippen molar-refractivity contribution < 1.29 is 4.92 Å². The molecular formula is C9H16N2O2. The van der Waals surface area contributed by atoms with E-state index in [4.69, 9.17) is 0 Å². The minimum absolute atomic E-state index is 0.348. The van der Waals surface area contributed by atoms with Gasteiger partial charge in [-0.2, -0.15) is 0 Å². The van der Waals surface area contributed by atoms with E-state index < -0.39 is 0 Å². The highest BCUT2D eigenvalue weighted by Crippen LogP contribution is 2.20. The largest absolute Gasteiger partial charge is 0.370 e. The van der Waals surface area contributed by atoms with Gasteiger partial charge in [-0.15, -0.1) is 0 Å². The van der Waals surface area contributed by atoms with Crippen molar-refractivity contribution in [3.8, 4) is 0 Å². The summed E-state index contributed by atoms with van der Waals surface area (Å²) in [6, 6.07) is 0. The highest BCUT2D eigenvalue weighted by Gasteiger charge is 2.18. The van der Waals surface area contributed by atoms with Crippen molar-refractivity contribution in [3.05, 3.63) is 22.0 Å². The zero-order chi connectivity index (χ0) is 9.68. The molecule has 0 spiro atoms. The van der Waals surface area contributed by atoms with Crippen LogP contribution in [0.3, 0.4) is 0 Å². The van der Waals surface area contributed by atoms with E-state index in [2.05, 4.69) is 11.8 Å². The van der Waals surface area contributed by atoms with E-state index in [0.29, 0.717) is 0 Å². The Balaban J connectivity index is 2.48. The molecule has 0 aromatic heterocycles. The van der Waals surface area contributed by atoms with Gasteiger partial charge in [0.15, 0.2) is 0 Å². The Morgan fingerprint density at radius 1 is 1.69 bits per heavy atom. The van der Waals surface area contributed by atoms with E-state index in [0.717, 1.165) is 50.7 Å². The Morgan fingerprint density at radius 2 is 2.46 bits per heavy atom. The van der Waals surface area contributed by atoms with E-state index in [1.165, 1.54) is 0 Å². The molecule has 74 valence electrons. The number of allylic oxidation sites excluding steroid dienone is 1. The van der Waals surface area contributed by atoms with Crippen molar-refractivity contribution in [1.29, 1.82) is 0 Å². The van der Waals surface area contributed by atoms with Crippen molar-refractivity contribution >= 4 is 0 Å². The topological polar surface area (TPSA) is 46.4 Å². The van der Waals surface area contributed by atoms with E-state index in [-0.39, 0.29) is 4.92 Å². The number of unbranched alkanes of at least 4 members (excludes halogenated alkanes) is 1. The molecule has 0 saturated carbocycles. The summed E-state index contributed by atoms with van der Waals surface area (Å²) in [7, 11) is 0. The smallest absolute Gasteiger partial charge is 0.253 e. The Kier molecular flexibility index (Phi) is 3.73. The second kappa shape index (κ2) is 4.84. The van der Waals surface area contributed by atoms with Crippen LogP contribution in [0.1, 0.15) is 32.6 Å². The Hall–Kier alpha value is -1.06. The fraction of sp³-hybridized carbons (Fsp3) is 0.778. The summed E-state index contributed by atoms with van der Waals surface area (Å²) in [5.41, 5.74) is 0.901. The number of rotatable bonds is 4. The molecule has 0 aromatic rings. The van der Waals surface area contributed by atoms with Crippen molar-refractivity contribution in [2.75, 3.05) is 13.1 Å². The van der Waals surface area contributed by atoms with Crippen LogP contribution in [0.2, 0.25) is 0 Å². The minimum Gasteiger partial charge on any atom is -0.370 e. The van der Waals surface area contributed by atoms with Gasteiger partial charge in [-0.25, -0.2) is 0 Å². The average Bonchev–Trinajstić information content (AvgIpc) is 2.48. The van der Waals surface area contributed by atoms with E-state index >= 15 is 0 Å². The molecule has 0 unspecified atom stereocenters. The van der Waals surface area contributed by atoms with Crippen LogP contribution in [0.5, 0.6) is 0 Å². The molecule has 0 bridgehead atoms. The second-order valence-electron chi connectivity index (χ2n) is 3.35. The van der Waals surface area contributed by atoms with Gasteiger partial charge in [0.2, 0.25) is 0 Å². The van der Waals surface area contributed by atoms with E-state index in [1.54, 1.807) is 0 Å². The molecule has 1 aliphatic rings. The number of hydrogen-bond donors (Lipinski definition) is 0. The summed E-state index contributed by atoms with van der Waals surface area (Å²) in [5.74, 6) is 0. The summed E-state index contributed by atoms with van der Waals surface area (Å²) in [4.78, 5) is 12.1. The maximum atomic E-state index is 10.3. The Bertz CT molecular complexity index is 214. The van der Waals surface area contributed by atoms with Crippen molar-refractivity contribution in [3.63, 3.8) is 0 Å². The van der Waals surface area contributed by atoms with Crippen molar-refractivity contribution in [1.82, 2.24) is 4.90 Å². The minimum atomic E-state index is -0.348. The molecule has 0 N–H and O–H groups in total. The lowest BCUT2D eigenvalue weighted by atomic mass is 10.3. The third-order valence-electron chi connectivity index (χ3n) is 2.30. The van der Waals surface area contributed by atoms with Gasteiger partial charge in [0.25, 0.3) is 6.20 Å². The first-order valence-electron chi connectivity index (χ1n) is 4.83. The number of nitro groups is 1. The Labute approximate surface area is 78.4 Å². The second-order valence-corrected chi connectivity index (χ2v) is 3.35. The lowest BCUT2D eigenvalue weighted by Crippen LogP contribution is -2.19.